The molecular weight excluding hydrogens is 314 g/mol. The molecule has 25 heavy (non-hydrogen) atoms. The van der Waals surface area contributed by atoms with E-state index >= 15 is 0 Å². The summed E-state index contributed by atoms with van der Waals surface area (Å²) in [5.41, 5.74) is 2.80. The van der Waals surface area contributed by atoms with Crippen LogP contribution in [0.15, 0.2) is 36.4 Å². The lowest BCUT2D eigenvalue weighted by Crippen LogP contribution is -2.44. The first-order valence-electron chi connectivity index (χ1n) is 8.88. The number of hydrogen-bond donors (Lipinski definition) is 1. The van der Waals surface area contributed by atoms with Gasteiger partial charge in [0.15, 0.2) is 0 Å². The number of aryl methyl sites for hydroxylation is 1. The second-order valence-electron chi connectivity index (χ2n) is 6.72. The van der Waals surface area contributed by atoms with E-state index in [1.54, 1.807) is 0 Å². The molecule has 1 saturated heterocycles. The Morgan fingerprint density at radius 3 is 2.56 bits per heavy atom. The quantitative estimate of drug-likeness (QED) is 0.856. The highest BCUT2D eigenvalue weighted by Gasteiger charge is 2.18. The number of benzene rings is 1. The summed E-state index contributed by atoms with van der Waals surface area (Å²) < 4.78 is 1.82. The predicted octanol–water partition coefficient (Wildman–Crippen LogP) is 1.14. The van der Waals surface area contributed by atoms with Gasteiger partial charge in [0.1, 0.15) is 5.69 Å². The number of likely N-dealkylation sites (N-methyl/N-ethyl adjacent to an activating group) is 1. The first-order chi connectivity index (χ1) is 12.1. The van der Waals surface area contributed by atoms with Crippen molar-refractivity contribution < 1.29 is 4.79 Å². The largest absolute Gasteiger partial charge is 0.350 e. The van der Waals surface area contributed by atoms with Gasteiger partial charge in [-0.25, -0.2) is 0 Å². The Bertz CT molecular complexity index is 689. The van der Waals surface area contributed by atoms with Gasteiger partial charge in [-0.3, -0.25) is 14.4 Å². The molecule has 1 fully saturated rings. The molecule has 2 heterocycles. The normalized spacial score (nSPS) is 16.1. The second kappa shape index (κ2) is 8.27. The maximum atomic E-state index is 12.3. The number of carbonyl (C=O) groups excluding carboxylic acids is 1. The molecule has 2 aromatic rings. The van der Waals surface area contributed by atoms with Crippen LogP contribution in [-0.2, 0) is 20.0 Å². The summed E-state index contributed by atoms with van der Waals surface area (Å²) >= 11 is 0. The highest BCUT2D eigenvalue weighted by Crippen LogP contribution is 2.09. The number of carbonyl (C=O) groups is 1. The average Bonchev–Trinajstić information content (AvgIpc) is 2.99. The summed E-state index contributed by atoms with van der Waals surface area (Å²) in [4.78, 5) is 17.1. The number of nitrogens with one attached hydrogen (secondary N) is 1. The molecular formula is C19H27N5O. The van der Waals surface area contributed by atoms with E-state index in [1.807, 2.05) is 36.0 Å². The number of hydrogen-bond acceptors (Lipinski definition) is 4. The van der Waals surface area contributed by atoms with Crippen molar-refractivity contribution in [1.82, 2.24) is 24.9 Å². The maximum Gasteiger partial charge on any atom is 0.271 e. The summed E-state index contributed by atoms with van der Waals surface area (Å²) in [6.07, 6.45) is 0.827. The van der Waals surface area contributed by atoms with Crippen molar-refractivity contribution in [3.8, 4) is 0 Å². The van der Waals surface area contributed by atoms with Gasteiger partial charge < -0.3 is 10.2 Å². The standard InChI is InChI=1S/C19H27N5O/c1-22-10-12-24(13-11-22)15-17-14-18(21-23(17)2)19(25)20-9-8-16-6-4-3-5-7-16/h3-7,14H,8-13,15H2,1-2H3,(H,20,25). The van der Waals surface area contributed by atoms with Crippen LogP contribution in [0.5, 0.6) is 0 Å². The Balaban J connectivity index is 1.51. The lowest BCUT2D eigenvalue weighted by atomic mass is 10.1. The Labute approximate surface area is 149 Å². The van der Waals surface area contributed by atoms with Crippen LogP contribution in [-0.4, -0.2) is 65.3 Å². The van der Waals surface area contributed by atoms with E-state index in [1.165, 1.54) is 5.56 Å². The lowest BCUT2D eigenvalue weighted by Gasteiger charge is -2.32. The molecule has 0 aliphatic carbocycles. The monoisotopic (exact) mass is 341 g/mol. The highest BCUT2D eigenvalue weighted by atomic mass is 16.1. The van der Waals surface area contributed by atoms with Gasteiger partial charge in [0.2, 0.25) is 0 Å². The van der Waals surface area contributed by atoms with Gasteiger partial charge in [0.25, 0.3) is 5.91 Å². The van der Waals surface area contributed by atoms with E-state index in [4.69, 9.17) is 0 Å². The van der Waals surface area contributed by atoms with Crippen molar-refractivity contribution >= 4 is 5.91 Å². The Hall–Kier alpha value is -2.18. The van der Waals surface area contributed by atoms with E-state index in [9.17, 15) is 4.79 Å². The molecule has 1 N–H and O–H groups in total. The van der Waals surface area contributed by atoms with Crippen LogP contribution in [0.4, 0.5) is 0 Å². The van der Waals surface area contributed by atoms with Crippen LogP contribution in [0.3, 0.4) is 0 Å². The zero-order chi connectivity index (χ0) is 17.6. The summed E-state index contributed by atoms with van der Waals surface area (Å²) in [5, 5.41) is 7.35. The van der Waals surface area contributed by atoms with Gasteiger partial charge in [0, 0.05) is 46.3 Å². The topological polar surface area (TPSA) is 53.4 Å². The molecule has 1 aromatic heterocycles. The van der Waals surface area contributed by atoms with E-state index in [2.05, 4.69) is 39.4 Å². The number of nitrogens with zero attached hydrogens (tertiary/aromatic N) is 4. The third-order valence-corrected chi connectivity index (χ3v) is 4.73. The van der Waals surface area contributed by atoms with Gasteiger partial charge in [-0.2, -0.15) is 5.10 Å². The van der Waals surface area contributed by atoms with Crippen LogP contribution in [0.1, 0.15) is 21.7 Å². The number of rotatable bonds is 6. The second-order valence-corrected chi connectivity index (χ2v) is 6.72. The van der Waals surface area contributed by atoms with E-state index in [0.717, 1.165) is 44.8 Å². The molecule has 1 aromatic carbocycles. The van der Waals surface area contributed by atoms with Gasteiger partial charge in [-0.15, -0.1) is 0 Å². The predicted molar refractivity (Wildman–Crippen MR) is 98.5 cm³/mol. The van der Waals surface area contributed by atoms with Crippen LogP contribution in [0.25, 0.3) is 0 Å². The van der Waals surface area contributed by atoms with Crippen LogP contribution in [0, 0.1) is 0 Å². The molecule has 1 aliphatic rings. The van der Waals surface area contributed by atoms with Crippen molar-refractivity contribution in [2.45, 2.75) is 13.0 Å². The fourth-order valence-electron chi connectivity index (χ4n) is 3.06. The molecule has 1 aliphatic heterocycles. The van der Waals surface area contributed by atoms with Crippen molar-refractivity contribution in [3.05, 3.63) is 53.3 Å². The molecule has 3 rings (SSSR count). The van der Waals surface area contributed by atoms with Gasteiger partial charge in [-0.1, -0.05) is 30.3 Å². The minimum atomic E-state index is -0.101. The minimum absolute atomic E-state index is 0.101. The van der Waals surface area contributed by atoms with Crippen molar-refractivity contribution in [2.24, 2.45) is 7.05 Å². The first kappa shape index (κ1) is 17.6. The first-order valence-corrected chi connectivity index (χ1v) is 8.88. The van der Waals surface area contributed by atoms with Crippen molar-refractivity contribution in [2.75, 3.05) is 39.8 Å². The lowest BCUT2D eigenvalue weighted by molar-refractivity contribution is 0.0948. The zero-order valence-electron chi connectivity index (χ0n) is 15.1. The summed E-state index contributed by atoms with van der Waals surface area (Å²) in [6, 6.07) is 12.1. The molecule has 0 unspecified atom stereocenters. The van der Waals surface area contributed by atoms with E-state index < -0.39 is 0 Å². The van der Waals surface area contributed by atoms with Crippen molar-refractivity contribution in [1.29, 1.82) is 0 Å². The molecule has 0 atom stereocenters. The fraction of sp³-hybridized carbons (Fsp3) is 0.474. The fourth-order valence-corrected chi connectivity index (χ4v) is 3.06. The number of amides is 1. The molecule has 1 amide bonds. The summed E-state index contributed by atoms with van der Waals surface area (Å²) in [7, 11) is 4.06. The molecule has 6 nitrogen and oxygen atoms in total. The SMILES string of the molecule is CN1CCN(Cc2cc(C(=O)NCCc3ccccc3)nn2C)CC1. The third-order valence-electron chi connectivity index (χ3n) is 4.73. The van der Waals surface area contributed by atoms with E-state index in [-0.39, 0.29) is 5.91 Å². The van der Waals surface area contributed by atoms with Crippen LogP contribution < -0.4 is 5.32 Å². The van der Waals surface area contributed by atoms with Crippen LogP contribution in [0.2, 0.25) is 0 Å². The summed E-state index contributed by atoms with van der Waals surface area (Å²) in [6.45, 7) is 5.75. The molecule has 0 bridgehead atoms. The molecule has 134 valence electrons. The number of piperazine rings is 1. The smallest absolute Gasteiger partial charge is 0.271 e. The maximum absolute atomic E-state index is 12.3. The van der Waals surface area contributed by atoms with Gasteiger partial charge in [-0.05, 0) is 25.1 Å². The van der Waals surface area contributed by atoms with E-state index in [0.29, 0.717) is 12.2 Å². The molecule has 0 radical (unpaired) electrons. The summed E-state index contributed by atoms with van der Waals surface area (Å²) in [5.74, 6) is -0.101. The van der Waals surface area contributed by atoms with Crippen LogP contribution >= 0.6 is 0 Å². The highest BCUT2D eigenvalue weighted by molar-refractivity contribution is 5.92. The molecule has 0 spiro atoms. The van der Waals surface area contributed by atoms with Gasteiger partial charge >= 0.3 is 0 Å². The van der Waals surface area contributed by atoms with Crippen molar-refractivity contribution in [3.63, 3.8) is 0 Å². The zero-order valence-corrected chi connectivity index (χ0v) is 15.1. The number of aromatic nitrogens is 2. The molecule has 0 saturated carbocycles. The Kier molecular flexibility index (Phi) is 5.83. The third kappa shape index (κ3) is 4.90. The Morgan fingerprint density at radius 2 is 1.84 bits per heavy atom. The molecule has 6 heteroatoms. The Morgan fingerprint density at radius 1 is 1.12 bits per heavy atom. The average molecular weight is 341 g/mol. The van der Waals surface area contributed by atoms with Gasteiger partial charge in [0.05, 0.1) is 5.69 Å². The minimum Gasteiger partial charge on any atom is -0.350 e.